The molecule has 0 radical (unpaired) electrons. The summed E-state index contributed by atoms with van der Waals surface area (Å²) in [6.45, 7) is 3.75. The molecule has 0 aliphatic heterocycles. The Balaban J connectivity index is 2.23. The molecule has 1 aromatic rings. The molecule has 0 bridgehead atoms. The van der Waals surface area contributed by atoms with Gasteiger partial charge in [0.05, 0.1) is 0 Å². The molecule has 1 atom stereocenters. The van der Waals surface area contributed by atoms with Crippen molar-refractivity contribution in [2.45, 2.75) is 38.8 Å². The van der Waals surface area contributed by atoms with Crippen LogP contribution in [0, 0.1) is 6.92 Å². The fraction of sp³-hybridized carbons (Fsp3) is 0.375. The minimum absolute atomic E-state index is 0.434. The molecule has 1 unspecified atom stereocenters. The third-order valence-corrected chi connectivity index (χ3v) is 4.00. The number of allylic oxidation sites excluding steroid dienone is 4. The van der Waals surface area contributed by atoms with Gasteiger partial charge in [-0.25, -0.2) is 0 Å². The quantitative estimate of drug-likeness (QED) is 0.608. The molecule has 0 amide bonds. The lowest BCUT2D eigenvalue weighted by Gasteiger charge is -2.21. The molecule has 0 aromatic heterocycles. The van der Waals surface area contributed by atoms with Gasteiger partial charge in [0.1, 0.15) is 5.92 Å². The number of rotatable bonds is 0. The fourth-order valence-corrected chi connectivity index (χ4v) is 3.15. The van der Waals surface area contributed by atoms with Crippen molar-refractivity contribution in [1.82, 2.24) is 0 Å². The molecule has 100 valence electrons. The zero-order chi connectivity index (χ0) is 13.8. The van der Waals surface area contributed by atoms with Crippen molar-refractivity contribution in [1.29, 1.82) is 0 Å². The van der Waals surface area contributed by atoms with Gasteiger partial charge in [-0.2, -0.15) is 13.2 Å². The van der Waals surface area contributed by atoms with Crippen molar-refractivity contribution < 1.29 is 13.2 Å². The first-order valence-corrected chi connectivity index (χ1v) is 6.46. The van der Waals surface area contributed by atoms with Crippen LogP contribution in [0.5, 0.6) is 0 Å². The van der Waals surface area contributed by atoms with Crippen LogP contribution in [0.25, 0.3) is 5.57 Å². The molecule has 0 heterocycles. The van der Waals surface area contributed by atoms with Crippen LogP contribution in [0.2, 0.25) is 0 Å². The zero-order valence-corrected chi connectivity index (χ0v) is 10.9. The fourth-order valence-electron chi connectivity index (χ4n) is 3.15. The molecule has 2 aliphatic carbocycles. The second kappa shape index (κ2) is 3.99. The van der Waals surface area contributed by atoms with Crippen LogP contribution in [-0.4, -0.2) is 6.18 Å². The van der Waals surface area contributed by atoms with Crippen LogP contribution in [0.1, 0.15) is 42.4 Å². The van der Waals surface area contributed by atoms with Gasteiger partial charge in [0, 0.05) is 0 Å². The van der Waals surface area contributed by atoms with Gasteiger partial charge in [-0.3, -0.25) is 0 Å². The van der Waals surface area contributed by atoms with E-state index in [4.69, 9.17) is 0 Å². The van der Waals surface area contributed by atoms with Crippen molar-refractivity contribution in [3.63, 3.8) is 0 Å². The first-order chi connectivity index (χ1) is 8.88. The number of aryl methyl sites for hydroxylation is 1. The Morgan fingerprint density at radius 3 is 2.53 bits per heavy atom. The van der Waals surface area contributed by atoms with Gasteiger partial charge in [-0.15, -0.1) is 0 Å². The average molecular weight is 264 g/mol. The Hall–Kier alpha value is -1.51. The number of alkyl halides is 3. The summed E-state index contributed by atoms with van der Waals surface area (Å²) in [6.07, 6.45) is -0.892. The summed E-state index contributed by atoms with van der Waals surface area (Å²) < 4.78 is 40.2. The van der Waals surface area contributed by atoms with Crippen LogP contribution < -0.4 is 0 Å². The molecule has 19 heavy (non-hydrogen) atoms. The van der Waals surface area contributed by atoms with Gasteiger partial charge in [-0.1, -0.05) is 35.4 Å². The lowest BCUT2D eigenvalue weighted by atomic mass is 9.89. The van der Waals surface area contributed by atoms with E-state index in [1.54, 1.807) is 12.1 Å². The second-order valence-electron chi connectivity index (χ2n) is 5.49. The standard InChI is InChI=1S/C16H15F3/c1-9-3-5-11-12-6-4-10(2)8-14(12)15(13(11)7-9)16(17,18)19/h3,5,7-8,15H,4,6H2,1-2H3. The Labute approximate surface area is 110 Å². The molecule has 0 saturated carbocycles. The van der Waals surface area contributed by atoms with Crippen molar-refractivity contribution in [2.24, 2.45) is 0 Å². The normalized spacial score (nSPS) is 22.2. The monoisotopic (exact) mass is 264 g/mol. The van der Waals surface area contributed by atoms with E-state index >= 15 is 0 Å². The number of hydrogen-bond acceptors (Lipinski definition) is 0. The Bertz CT molecular complexity index is 603. The third-order valence-electron chi connectivity index (χ3n) is 4.00. The molecule has 0 spiro atoms. The summed E-state index contributed by atoms with van der Waals surface area (Å²) in [7, 11) is 0. The van der Waals surface area contributed by atoms with Crippen molar-refractivity contribution in [2.75, 3.05) is 0 Å². The molecular formula is C16H15F3. The molecule has 0 N–H and O–H groups in total. The van der Waals surface area contributed by atoms with Gasteiger partial charge >= 0.3 is 6.18 Å². The second-order valence-corrected chi connectivity index (χ2v) is 5.49. The lowest BCUT2D eigenvalue weighted by Crippen LogP contribution is -2.21. The maximum Gasteiger partial charge on any atom is 0.399 e. The molecule has 0 nitrogen and oxygen atoms in total. The van der Waals surface area contributed by atoms with Gasteiger partial charge in [0.2, 0.25) is 0 Å². The van der Waals surface area contributed by atoms with Crippen LogP contribution in [0.3, 0.4) is 0 Å². The average Bonchev–Trinajstić information content (AvgIpc) is 2.60. The molecule has 3 heteroatoms. The summed E-state index contributed by atoms with van der Waals surface area (Å²) >= 11 is 0. The number of fused-ring (bicyclic) bond motifs is 2. The molecule has 2 aliphatic rings. The van der Waals surface area contributed by atoms with Crippen LogP contribution in [0.4, 0.5) is 13.2 Å². The smallest absolute Gasteiger partial charge is 0.170 e. The number of halogens is 3. The summed E-state index contributed by atoms with van der Waals surface area (Å²) in [6, 6.07) is 5.43. The Kier molecular flexibility index (Phi) is 2.63. The van der Waals surface area contributed by atoms with Gasteiger partial charge < -0.3 is 0 Å². The van der Waals surface area contributed by atoms with Crippen LogP contribution in [-0.2, 0) is 0 Å². The molecule has 1 aromatic carbocycles. The summed E-state index contributed by atoms with van der Waals surface area (Å²) in [5.74, 6) is -1.44. The highest BCUT2D eigenvalue weighted by Crippen LogP contribution is 2.53. The highest BCUT2D eigenvalue weighted by Gasteiger charge is 2.48. The molecular weight excluding hydrogens is 249 g/mol. The van der Waals surface area contributed by atoms with E-state index in [0.29, 0.717) is 11.1 Å². The maximum atomic E-state index is 13.4. The Morgan fingerprint density at radius 1 is 1.11 bits per heavy atom. The highest BCUT2D eigenvalue weighted by molar-refractivity contribution is 5.82. The number of hydrogen-bond donors (Lipinski definition) is 0. The predicted octanol–water partition coefficient (Wildman–Crippen LogP) is 5.15. The first kappa shape index (κ1) is 12.5. The lowest BCUT2D eigenvalue weighted by molar-refractivity contribution is -0.140. The molecule has 3 rings (SSSR count). The van der Waals surface area contributed by atoms with Crippen molar-refractivity contribution >= 4 is 5.57 Å². The van der Waals surface area contributed by atoms with Gasteiger partial charge in [0.15, 0.2) is 0 Å². The van der Waals surface area contributed by atoms with Crippen molar-refractivity contribution in [3.8, 4) is 0 Å². The topological polar surface area (TPSA) is 0 Å². The number of benzene rings is 1. The molecule has 0 fully saturated rings. The van der Waals surface area contributed by atoms with E-state index in [0.717, 1.165) is 35.1 Å². The van der Waals surface area contributed by atoms with E-state index in [1.165, 1.54) is 0 Å². The van der Waals surface area contributed by atoms with E-state index in [1.807, 2.05) is 26.0 Å². The first-order valence-electron chi connectivity index (χ1n) is 6.46. The van der Waals surface area contributed by atoms with E-state index < -0.39 is 12.1 Å². The highest BCUT2D eigenvalue weighted by atomic mass is 19.4. The largest absolute Gasteiger partial charge is 0.399 e. The van der Waals surface area contributed by atoms with Gasteiger partial charge in [-0.05, 0) is 49.0 Å². The van der Waals surface area contributed by atoms with Gasteiger partial charge in [0.25, 0.3) is 0 Å². The summed E-state index contributed by atoms with van der Waals surface area (Å²) in [5, 5.41) is 0. The maximum absolute atomic E-state index is 13.4. The van der Waals surface area contributed by atoms with Crippen LogP contribution in [0.15, 0.2) is 35.4 Å². The van der Waals surface area contributed by atoms with E-state index in [-0.39, 0.29) is 0 Å². The third kappa shape index (κ3) is 1.92. The Morgan fingerprint density at radius 2 is 1.84 bits per heavy atom. The minimum Gasteiger partial charge on any atom is -0.170 e. The predicted molar refractivity (Wildman–Crippen MR) is 69.9 cm³/mol. The van der Waals surface area contributed by atoms with Crippen LogP contribution >= 0.6 is 0 Å². The van der Waals surface area contributed by atoms with E-state index in [9.17, 15) is 13.2 Å². The summed E-state index contributed by atoms with van der Waals surface area (Å²) in [5.41, 5.74) is 4.51. The molecule has 0 saturated heterocycles. The SMILES string of the molecule is CC1=CC2=C(CC1)c1ccc(C)cc1C2C(F)(F)F. The summed E-state index contributed by atoms with van der Waals surface area (Å²) in [4.78, 5) is 0. The zero-order valence-electron chi connectivity index (χ0n) is 10.9. The van der Waals surface area contributed by atoms with Crippen molar-refractivity contribution in [3.05, 3.63) is 52.1 Å². The van der Waals surface area contributed by atoms with E-state index in [2.05, 4.69) is 0 Å². The minimum atomic E-state index is -4.21.